The van der Waals surface area contributed by atoms with Crippen molar-refractivity contribution in [2.75, 3.05) is 20.0 Å². The summed E-state index contributed by atoms with van der Waals surface area (Å²) in [5.74, 6) is 0.275. The molecule has 1 atom stereocenters. The number of hydrogen-bond donors (Lipinski definition) is 0. The van der Waals surface area contributed by atoms with Gasteiger partial charge in [-0.25, -0.2) is 0 Å². The Labute approximate surface area is 96.8 Å². The lowest BCUT2D eigenvalue weighted by Crippen LogP contribution is -2.21. The van der Waals surface area contributed by atoms with Gasteiger partial charge in [-0.15, -0.1) is 0 Å². The van der Waals surface area contributed by atoms with Crippen LogP contribution in [0.4, 0.5) is 0 Å². The third kappa shape index (κ3) is 3.57. The molecular weight excluding hydrogens is 236 g/mol. The molecular formula is C10H13ClO3S. The van der Waals surface area contributed by atoms with Crippen LogP contribution in [-0.2, 0) is 20.3 Å². The molecule has 84 valence electrons. The van der Waals surface area contributed by atoms with Gasteiger partial charge in [0.2, 0.25) is 0 Å². The lowest BCUT2D eigenvalue weighted by atomic mass is 10.4. The minimum absolute atomic E-state index is 0.275. The maximum atomic E-state index is 11.9. The first-order chi connectivity index (χ1) is 7.19. The maximum absolute atomic E-state index is 11.9. The Kier molecular flexibility index (Phi) is 5.25. The van der Waals surface area contributed by atoms with E-state index in [1.165, 1.54) is 14.2 Å². The topological polar surface area (TPSA) is 35.5 Å². The normalized spacial score (nSPS) is 13.1. The zero-order valence-electron chi connectivity index (χ0n) is 8.60. The molecule has 0 aromatic heterocycles. The first-order valence-corrected chi connectivity index (χ1v) is 6.07. The van der Waals surface area contributed by atoms with E-state index in [1.807, 2.05) is 0 Å². The summed E-state index contributed by atoms with van der Waals surface area (Å²) >= 11 is 5.91. The lowest BCUT2D eigenvalue weighted by Gasteiger charge is -2.13. The summed E-state index contributed by atoms with van der Waals surface area (Å²) < 4.78 is 21.8. The fourth-order valence-electron chi connectivity index (χ4n) is 1.08. The Balaban J connectivity index is 2.73. The first kappa shape index (κ1) is 12.6. The summed E-state index contributed by atoms with van der Waals surface area (Å²) in [6.45, 7) is 0. The van der Waals surface area contributed by atoms with Crippen LogP contribution in [0.2, 0.25) is 5.02 Å². The number of hydrogen-bond acceptors (Lipinski definition) is 3. The number of rotatable bonds is 5. The molecule has 0 amide bonds. The minimum atomic E-state index is -1.21. The van der Waals surface area contributed by atoms with Gasteiger partial charge < -0.3 is 9.47 Å². The van der Waals surface area contributed by atoms with Crippen molar-refractivity contribution in [3.05, 3.63) is 29.3 Å². The quantitative estimate of drug-likeness (QED) is 0.749. The van der Waals surface area contributed by atoms with Crippen molar-refractivity contribution in [2.24, 2.45) is 0 Å². The van der Waals surface area contributed by atoms with Gasteiger partial charge in [0, 0.05) is 14.2 Å². The van der Waals surface area contributed by atoms with E-state index in [4.69, 9.17) is 21.1 Å². The maximum Gasteiger partial charge on any atom is 0.168 e. The van der Waals surface area contributed by atoms with E-state index in [0.717, 1.165) is 0 Å². The van der Waals surface area contributed by atoms with E-state index in [2.05, 4.69) is 0 Å². The summed E-state index contributed by atoms with van der Waals surface area (Å²) in [4.78, 5) is 0.610. The lowest BCUT2D eigenvalue weighted by molar-refractivity contribution is -0.0847. The Morgan fingerprint density at radius 1 is 1.33 bits per heavy atom. The van der Waals surface area contributed by atoms with Gasteiger partial charge in [-0.2, -0.15) is 0 Å². The molecule has 5 heteroatoms. The van der Waals surface area contributed by atoms with E-state index < -0.39 is 17.1 Å². The summed E-state index contributed by atoms with van der Waals surface area (Å²) in [6, 6.07) is 7.05. The third-order valence-corrected chi connectivity index (χ3v) is 3.76. The van der Waals surface area contributed by atoms with Gasteiger partial charge in [-0.05, 0) is 12.1 Å². The molecule has 0 aliphatic heterocycles. The van der Waals surface area contributed by atoms with E-state index >= 15 is 0 Å². The van der Waals surface area contributed by atoms with E-state index in [0.29, 0.717) is 9.92 Å². The first-order valence-electron chi connectivity index (χ1n) is 4.37. The number of methoxy groups -OCH3 is 2. The molecule has 1 aromatic rings. The third-order valence-electron chi connectivity index (χ3n) is 1.90. The highest BCUT2D eigenvalue weighted by atomic mass is 35.5. The van der Waals surface area contributed by atoms with Crippen LogP contribution >= 0.6 is 11.6 Å². The predicted molar refractivity (Wildman–Crippen MR) is 60.5 cm³/mol. The Morgan fingerprint density at radius 3 is 2.47 bits per heavy atom. The zero-order valence-corrected chi connectivity index (χ0v) is 10.2. The molecule has 0 saturated carbocycles. The van der Waals surface area contributed by atoms with Crippen LogP contribution in [0.25, 0.3) is 0 Å². The van der Waals surface area contributed by atoms with Crippen molar-refractivity contribution in [2.45, 2.75) is 11.2 Å². The van der Waals surface area contributed by atoms with Crippen molar-refractivity contribution in [3.63, 3.8) is 0 Å². The molecule has 0 spiro atoms. The summed E-state index contributed by atoms with van der Waals surface area (Å²) in [6.07, 6.45) is -0.470. The molecule has 0 saturated heterocycles. The predicted octanol–water partition coefficient (Wildman–Crippen LogP) is 2.07. The van der Waals surface area contributed by atoms with Gasteiger partial charge in [0.1, 0.15) is 0 Å². The van der Waals surface area contributed by atoms with Crippen LogP contribution in [0.5, 0.6) is 0 Å². The Bertz CT molecular complexity index is 339. The summed E-state index contributed by atoms with van der Waals surface area (Å²) in [5, 5.41) is 0.502. The Morgan fingerprint density at radius 2 is 1.93 bits per heavy atom. The van der Waals surface area contributed by atoms with Crippen molar-refractivity contribution in [1.29, 1.82) is 0 Å². The second-order valence-electron chi connectivity index (χ2n) is 2.84. The molecule has 1 unspecified atom stereocenters. The average molecular weight is 249 g/mol. The molecule has 0 fully saturated rings. The monoisotopic (exact) mass is 248 g/mol. The summed E-state index contributed by atoms with van der Waals surface area (Å²) in [5.41, 5.74) is 0. The molecule has 15 heavy (non-hydrogen) atoms. The van der Waals surface area contributed by atoms with Gasteiger partial charge in [0.25, 0.3) is 0 Å². The van der Waals surface area contributed by atoms with Crippen molar-refractivity contribution in [3.8, 4) is 0 Å². The standard InChI is InChI=1S/C10H13ClO3S/c1-13-10(14-2)7-15(12)9-6-4-3-5-8(9)11/h3-6,10H,7H2,1-2H3. The number of halogens is 1. The molecule has 3 nitrogen and oxygen atoms in total. The molecule has 0 heterocycles. The smallest absolute Gasteiger partial charge is 0.168 e. The second kappa shape index (κ2) is 6.23. The highest BCUT2D eigenvalue weighted by molar-refractivity contribution is 7.85. The molecule has 1 aromatic carbocycles. The highest BCUT2D eigenvalue weighted by Gasteiger charge is 2.14. The molecule has 1 rings (SSSR count). The SMILES string of the molecule is COC(CS(=O)c1ccccc1Cl)OC. The average Bonchev–Trinajstić information content (AvgIpc) is 2.26. The van der Waals surface area contributed by atoms with Gasteiger partial charge in [0.05, 0.1) is 26.5 Å². The number of benzene rings is 1. The zero-order chi connectivity index (χ0) is 11.3. The fourth-order valence-corrected chi connectivity index (χ4v) is 2.68. The van der Waals surface area contributed by atoms with Crippen LogP contribution in [0, 0.1) is 0 Å². The largest absolute Gasteiger partial charge is 0.355 e. The van der Waals surface area contributed by atoms with Crippen LogP contribution in [0.15, 0.2) is 29.2 Å². The minimum Gasteiger partial charge on any atom is -0.355 e. The van der Waals surface area contributed by atoms with Crippen LogP contribution in [-0.4, -0.2) is 30.5 Å². The number of ether oxygens (including phenoxy) is 2. The molecule has 0 N–H and O–H groups in total. The molecule has 0 aliphatic carbocycles. The van der Waals surface area contributed by atoms with Gasteiger partial charge >= 0.3 is 0 Å². The van der Waals surface area contributed by atoms with Gasteiger partial charge in [-0.1, -0.05) is 23.7 Å². The van der Waals surface area contributed by atoms with Crippen LogP contribution < -0.4 is 0 Å². The van der Waals surface area contributed by atoms with Gasteiger partial charge in [0.15, 0.2) is 6.29 Å². The van der Waals surface area contributed by atoms with Crippen LogP contribution in [0.1, 0.15) is 0 Å². The fraction of sp³-hybridized carbons (Fsp3) is 0.400. The Hall–Kier alpha value is -0.420. The van der Waals surface area contributed by atoms with Crippen LogP contribution in [0.3, 0.4) is 0 Å². The van der Waals surface area contributed by atoms with E-state index in [-0.39, 0.29) is 5.75 Å². The van der Waals surface area contributed by atoms with Gasteiger partial charge in [-0.3, -0.25) is 4.21 Å². The highest BCUT2D eigenvalue weighted by Crippen LogP contribution is 2.19. The van der Waals surface area contributed by atoms with Crippen molar-refractivity contribution >= 4 is 22.4 Å². The molecule has 0 radical (unpaired) electrons. The summed E-state index contributed by atoms with van der Waals surface area (Å²) in [7, 11) is 1.82. The van der Waals surface area contributed by atoms with Crippen molar-refractivity contribution in [1.82, 2.24) is 0 Å². The van der Waals surface area contributed by atoms with Crippen molar-refractivity contribution < 1.29 is 13.7 Å². The molecule has 0 aliphatic rings. The molecule has 0 bridgehead atoms. The van der Waals surface area contributed by atoms with E-state index in [9.17, 15) is 4.21 Å². The van der Waals surface area contributed by atoms with E-state index in [1.54, 1.807) is 24.3 Å². The second-order valence-corrected chi connectivity index (χ2v) is 4.71.